The largest absolute Gasteiger partial charge is 0.243 e. The summed E-state index contributed by atoms with van der Waals surface area (Å²) in [6, 6.07) is 13.4. The maximum absolute atomic E-state index is 13.4. The predicted molar refractivity (Wildman–Crippen MR) is 116 cm³/mol. The highest BCUT2D eigenvalue weighted by atomic mass is 32.2. The molecule has 0 N–H and O–H groups in total. The molecule has 0 aliphatic carbocycles. The zero-order valence-electron chi connectivity index (χ0n) is 17.0. The molecule has 1 aliphatic heterocycles. The highest BCUT2D eigenvalue weighted by molar-refractivity contribution is 7.89. The smallest absolute Gasteiger partial charge is 0.207 e. The van der Waals surface area contributed by atoms with Crippen molar-refractivity contribution in [2.24, 2.45) is 0 Å². The molecule has 0 unspecified atom stereocenters. The molecule has 4 aromatic rings. The molecule has 8 heteroatoms. The van der Waals surface area contributed by atoms with Gasteiger partial charge in [0.05, 0.1) is 10.6 Å². The number of benzene rings is 2. The fourth-order valence-corrected chi connectivity index (χ4v) is 5.93. The van der Waals surface area contributed by atoms with Crippen LogP contribution in [0.25, 0.3) is 27.7 Å². The molecule has 2 aromatic heterocycles. The molecule has 3 heterocycles. The van der Waals surface area contributed by atoms with Crippen LogP contribution in [0.2, 0.25) is 0 Å². The van der Waals surface area contributed by atoms with Gasteiger partial charge in [0.15, 0.2) is 11.5 Å². The van der Waals surface area contributed by atoms with E-state index in [0.717, 1.165) is 46.9 Å². The van der Waals surface area contributed by atoms with Gasteiger partial charge in [0, 0.05) is 29.4 Å². The van der Waals surface area contributed by atoms with E-state index in [9.17, 15) is 8.42 Å². The molecule has 5 rings (SSSR count). The van der Waals surface area contributed by atoms with Crippen LogP contribution < -0.4 is 0 Å². The summed E-state index contributed by atoms with van der Waals surface area (Å²) in [4.78, 5) is 0.355. The van der Waals surface area contributed by atoms with E-state index in [1.165, 1.54) is 0 Å². The molecule has 0 radical (unpaired) electrons. The van der Waals surface area contributed by atoms with Crippen molar-refractivity contribution in [3.63, 3.8) is 0 Å². The van der Waals surface area contributed by atoms with Crippen molar-refractivity contribution in [1.82, 2.24) is 24.1 Å². The average molecular weight is 422 g/mol. The minimum Gasteiger partial charge on any atom is -0.207 e. The van der Waals surface area contributed by atoms with Gasteiger partial charge in [-0.05, 0) is 38.3 Å². The van der Waals surface area contributed by atoms with E-state index in [1.807, 2.05) is 50.2 Å². The second kappa shape index (κ2) is 7.14. The molecule has 0 atom stereocenters. The minimum absolute atomic E-state index is 0.355. The summed E-state index contributed by atoms with van der Waals surface area (Å²) in [5.41, 5.74) is 2.92. The molecule has 0 spiro atoms. The lowest BCUT2D eigenvalue weighted by Crippen LogP contribution is -2.35. The average Bonchev–Trinajstić information content (AvgIpc) is 3.15. The molecule has 1 saturated heterocycles. The van der Waals surface area contributed by atoms with Crippen LogP contribution in [0.15, 0.2) is 47.4 Å². The summed E-state index contributed by atoms with van der Waals surface area (Å²) < 4.78 is 30.1. The van der Waals surface area contributed by atoms with E-state index < -0.39 is 10.0 Å². The van der Waals surface area contributed by atoms with Crippen molar-refractivity contribution < 1.29 is 8.42 Å². The number of hydrogen-bond donors (Lipinski definition) is 0. The second-order valence-corrected chi connectivity index (χ2v) is 9.73. The molecule has 154 valence electrons. The fourth-order valence-electron chi connectivity index (χ4n) is 4.17. The first kappa shape index (κ1) is 19.1. The van der Waals surface area contributed by atoms with Crippen LogP contribution in [0.1, 0.15) is 30.7 Å². The van der Waals surface area contributed by atoms with Gasteiger partial charge in [0.2, 0.25) is 10.0 Å². The third kappa shape index (κ3) is 2.98. The van der Waals surface area contributed by atoms with Crippen LogP contribution in [-0.2, 0) is 10.0 Å². The van der Waals surface area contributed by atoms with E-state index >= 15 is 0 Å². The van der Waals surface area contributed by atoms with Crippen molar-refractivity contribution >= 4 is 26.4 Å². The van der Waals surface area contributed by atoms with Gasteiger partial charge in [0.1, 0.15) is 0 Å². The predicted octanol–water partition coefficient (Wildman–Crippen LogP) is 3.74. The quantitative estimate of drug-likeness (QED) is 0.503. The minimum atomic E-state index is -3.54. The Labute approximate surface area is 175 Å². The second-order valence-electron chi connectivity index (χ2n) is 7.82. The Kier molecular flexibility index (Phi) is 4.56. The Morgan fingerprint density at radius 3 is 2.40 bits per heavy atom. The molecule has 0 bridgehead atoms. The van der Waals surface area contributed by atoms with Gasteiger partial charge in [-0.25, -0.2) is 8.42 Å². The van der Waals surface area contributed by atoms with Crippen LogP contribution >= 0.6 is 0 Å². The number of aromatic nitrogens is 4. The van der Waals surface area contributed by atoms with Crippen LogP contribution in [-0.4, -0.2) is 45.6 Å². The standard InChI is InChI=1S/C22H23N5O2S/c1-15-10-11-17(14-20(15)30(28,29)26-12-6-3-7-13-26)21-18-8-4-5-9-19(18)22-24-23-16(2)27(22)25-21/h4-5,8-11,14H,3,6-7,12-13H2,1-2H3. The van der Waals surface area contributed by atoms with Gasteiger partial charge in [-0.2, -0.15) is 13.9 Å². The molecule has 7 nitrogen and oxygen atoms in total. The van der Waals surface area contributed by atoms with E-state index in [-0.39, 0.29) is 0 Å². The molecule has 30 heavy (non-hydrogen) atoms. The van der Waals surface area contributed by atoms with Crippen molar-refractivity contribution in [3.8, 4) is 11.3 Å². The zero-order valence-corrected chi connectivity index (χ0v) is 17.9. The van der Waals surface area contributed by atoms with Crippen molar-refractivity contribution in [1.29, 1.82) is 0 Å². The van der Waals surface area contributed by atoms with Gasteiger partial charge in [-0.3, -0.25) is 0 Å². The van der Waals surface area contributed by atoms with Crippen molar-refractivity contribution in [2.45, 2.75) is 38.0 Å². The first-order chi connectivity index (χ1) is 14.5. The normalized spacial score (nSPS) is 15.8. The third-order valence-corrected chi connectivity index (χ3v) is 7.85. The zero-order chi connectivity index (χ0) is 20.9. The van der Waals surface area contributed by atoms with Gasteiger partial charge < -0.3 is 0 Å². The van der Waals surface area contributed by atoms with Gasteiger partial charge >= 0.3 is 0 Å². The summed E-state index contributed by atoms with van der Waals surface area (Å²) in [5.74, 6) is 0.685. The Hall–Kier alpha value is -2.84. The number of sulfonamides is 1. The lowest BCUT2D eigenvalue weighted by atomic mass is 10.0. The highest BCUT2D eigenvalue weighted by Gasteiger charge is 2.28. The summed E-state index contributed by atoms with van der Waals surface area (Å²) in [6.45, 7) is 4.87. The Bertz CT molecular complexity index is 1370. The fraction of sp³-hybridized carbons (Fsp3) is 0.318. The maximum atomic E-state index is 13.4. The maximum Gasteiger partial charge on any atom is 0.243 e. The van der Waals surface area contributed by atoms with Crippen molar-refractivity contribution in [2.75, 3.05) is 13.1 Å². The van der Waals surface area contributed by atoms with Crippen molar-refractivity contribution in [3.05, 3.63) is 53.9 Å². The molecule has 1 fully saturated rings. The number of hydrogen-bond acceptors (Lipinski definition) is 5. The molecular weight excluding hydrogens is 398 g/mol. The monoisotopic (exact) mass is 421 g/mol. The first-order valence-electron chi connectivity index (χ1n) is 10.2. The molecular formula is C22H23N5O2S. The topological polar surface area (TPSA) is 80.5 Å². The number of aryl methyl sites for hydroxylation is 2. The Morgan fingerprint density at radius 2 is 1.63 bits per heavy atom. The lowest BCUT2D eigenvalue weighted by Gasteiger charge is -2.26. The van der Waals surface area contributed by atoms with Crippen LogP contribution in [0.5, 0.6) is 0 Å². The number of nitrogens with zero attached hydrogens (tertiary/aromatic N) is 5. The Morgan fingerprint density at radius 1 is 0.900 bits per heavy atom. The molecule has 0 saturated carbocycles. The molecule has 0 amide bonds. The number of piperidine rings is 1. The van der Waals surface area contributed by atoms with Gasteiger partial charge in [-0.1, -0.05) is 42.8 Å². The first-order valence-corrected chi connectivity index (χ1v) is 11.6. The summed E-state index contributed by atoms with van der Waals surface area (Å²) in [7, 11) is -3.54. The molecule has 2 aromatic carbocycles. The van der Waals surface area contributed by atoms with Crippen LogP contribution in [0.4, 0.5) is 0 Å². The SMILES string of the molecule is Cc1ccc(-c2nn3c(C)nnc3c3ccccc23)cc1S(=O)(=O)N1CCCCC1. The summed E-state index contributed by atoms with van der Waals surface area (Å²) in [5, 5.41) is 15.1. The number of rotatable bonds is 3. The van der Waals surface area contributed by atoms with E-state index in [1.54, 1.807) is 14.9 Å². The van der Waals surface area contributed by atoms with Gasteiger partial charge in [0.25, 0.3) is 0 Å². The van der Waals surface area contributed by atoms with E-state index in [0.29, 0.717) is 29.5 Å². The van der Waals surface area contributed by atoms with E-state index in [4.69, 9.17) is 5.10 Å². The van der Waals surface area contributed by atoms with Gasteiger partial charge in [-0.15, -0.1) is 10.2 Å². The Balaban J connectivity index is 1.73. The highest BCUT2D eigenvalue weighted by Crippen LogP contribution is 2.32. The van der Waals surface area contributed by atoms with Crippen LogP contribution in [0, 0.1) is 13.8 Å². The lowest BCUT2D eigenvalue weighted by molar-refractivity contribution is 0.346. The van der Waals surface area contributed by atoms with Crippen LogP contribution in [0.3, 0.4) is 0 Å². The summed E-state index contributed by atoms with van der Waals surface area (Å²) in [6.07, 6.45) is 2.90. The molecule has 1 aliphatic rings. The number of fused-ring (bicyclic) bond motifs is 3. The third-order valence-electron chi connectivity index (χ3n) is 5.81. The van der Waals surface area contributed by atoms with E-state index in [2.05, 4.69) is 10.2 Å². The summed E-state index contributed by atoms with van der Waals surface area (Å²) >= 11 is 0.